The summed E-state index contributed by atoms with van der Waals surface area (Å²) in [5.41, 5.74) is 2.87. The van der Waals surface area contributed by atoms with Gasteiger partial charge < -0.3 is 5.32 Å². The van der Waals surface area contributed by atoms with E-state index in [-0.39, 0.29) is 16.7 Å². The molecule has 0 heterocycles. The first-order valence-corrected chi connectivity index (χ1v) is 10.9. The topological polar surface area (TPSA) is 75.3 Å². The van der Waals surface area contributed by atoms with Gasteiger partial charge >= 0.3 is 0 Å². The van der Waals surface area contributed by atoms with E-state index >= 15 is 0 Å². The maximum Gasteiger partial charge on any atom is 0.261 e. The number of anilines is 1. The van der Waals surface area contributed by atoms with Gasteiger partial charge in [-0.15, -0.1) is 0 Å². The van der Waals surface area contributed by atoms with E-state index < -0.39 is 10.0 Å². The molecule has 0 fully saturated rings. The molecule has 0 bridgehead atoms. The number of sulfonamides is 1. The third kappa shape index (κ3) is 5.45. The predicted molar refractivity (Wildman–Crippen MR) is 116 cm³/mol. The highest BCUT2D eigenvalue weighted by molar-refractivity contribution is 7.92. The summed E-state index contributed by atoms with van der Waals surface area (Å²) >= 11 is 0. The minimum Gasteiger partial charge on any atom is -0.351 e. The van der Waals surface area contributed by atoms with Crippen LogP contribution in [-0.2, 0) is 10.0 Å². The second kappa shape index (κ2) is 8.92. The molecule has 0 aliphatic heterocycles. The monoisotopic (exact) mass is 408 g/mol. The quantitative estimate of drug-likeness (QED) is 0.611. The van der Waals surface area contributed by atoms with E-state index in [1.165, 1.54) is 12.1 Å². The first-order valence-electron chi connectivity index (χ1n) is 9.38. The first kappa shape index (κ1) is 20.6. The van der Waals surface area contributed by atoms with Crippen LogP contribution in [0.4, 0.5) is 5.69 Å². The van der Waals surface area contributed by atoms with Crippen LogP contribution in [0.5, 0.6) is 0 Å². The molecule has 0 saturated carbocycles. The van der Waals surface area contributed by atoms with Crippen LogP contribution in [0.25, 0.3) is 0 Å². The van der Waals surface area contributed by atoms with Crippen molar-refractivity contribution in [2.75, 3.05) is 11.3 Å². The number of benzene rings is 3. The standard InChI is InChI=1S/C23H24N2O3S/c1-17-8-6-12-21(14-17)25-29(27,28)22-13-7-11-20(15-22)23(26)24-16-18(2)19-9-4-3-5-10-19/h3-15,18,25H,16H2,1-2H3,(H,24,26)/t18-/m1/s1. The van der Waals surface area contributed by atoms with Gasteiger partial charge in [0.15, 0.2) is 0 Å². The van der Waals surface area contributed by atoms with E-state index in [9.17, 15) is 13.2 Å². The summed E-state index contributed by atoms with van der Waals surface area (Å²) in [5.74, 6) is -0.157. The van der Waals surface area contributed by atoms with Gasteiger partial charge in [0.1, 0.15) is 0 Å². The number of rotatable bonds is 7. The predicted octanol–water partition coefficient (Wildman–Crippen LogP) is 4.33. The molecule has 150 valence electrons. The number of aryl methyl sites for hydroxylation is 1. The summed E-state index contributed by atoms with van der Waals surface area (Å²) in [6.07, 6.45) is 0. The lowest BCUT2D eigenvalue weighted by Gasteiger charge is -2.14. The van der Waals surface area contributed by atoms with E-state index in [0.717, 1.165) is 11.1 Å². The fraction of sp³-hybridized carbons (Fsp3) is 0.174. The highest BCUT2D eigenvalue weighted by atomic mass is 32.2. The van der Waals surface area contributed by atoms with Crippen molar-refractivity contribution in [1.82, 2.24) is 5.32 Å². The molecule has 0 aliphatic carbocycles. The number of carbonyl (C=O) groups is 1. The average molecular weight is 409 g/mol. The van der Waals surface area contributed by atoms with Crippen LogP contribution >= 0.6 is 0 Å². The van der Waals surface area contributed by atoms with Crippen molar-refractivity contribution >= 4 is 21.6 Å². The SMILES string of the molecule is Cc1cccc(NS(=O)(=O)c2cccc(C(=O)NC[C@@H](C)c3ccccc3)c2)c1. The molecule has 0 saturated heterocycles. The van der Waals surface area contributed by atoms with Crippen LogP contribution in [-0.4, -0.2) is 20.9 Å². The summed E-state index contributed by atoms with van der Waals surface area (Å²) in [4.78, 5) is 12.6. The van der Waals surface area contributed by atoms with Gasteiger partial charge in [0.2, 0.25) is 0 Å². The molecule has 0 aromatic heterocycles. The number of carbonyl (C=O) groups excluding carboxylic acids is 1. The Morgan fingerprint density at radius 3 is 2.38 bits per heavy atom. The van der Waals surface area contributed by atoms with E-state index in [1.807, 2.05) is 50.2 Å². The van der Waals surface area contributed by atoms with Crippen LogP contribution in [0.1, 0.15) is 34.3 Å². The second-order valence-corrected chi connectivity index (χ2v) is 8.71. The summed E-state index contributed by atoms with van der Waals surface area (Å²) in [7, 11) is -3.79. The Balaban J connectivity index is 1.70. The number of nitrogens with one attached hydrogen (secondary N) is 2. The number of amides is 1. The normalized spacial score (nSPS) is 12.2. The van der Waals surface area contributed by atoms with Gasteiger partial charge in [0, 0.05) is 17.8 Å². The lowest BCUT2D eigenvalue weighted by Crippen LogP contribution is -2.27. The van der Waals surface area contributed by atoms with Crippen LogP contribution in [0.15, 0.2) is 83.8 Å². The molecular formula is C23H24N2O3S. The largest absolute Gasteiger partial charge is 0.351 e. The number of hydrogen-bond donors (Lipinski definition) is 2. The Morgan fingerprint density at radius 2 is 1.66 bits per heavy atom. The Bertz CT molecular complexity index is 1100. The molecule has 5 nitrogen and oxygen atoms in total. The van der Waals surface area contributed by atoms with Crippen LogP contribution < -0.4 is 10.0 Å². The molecule has 0 aliphatic rings. The summed E-state index contributed by atoms with van der Waals surface area (Å²) in [6, 6.07) is 23.0. The highest BCUT2D eigenvalue weighted by Gasteiger charge is 2.17. The maximum atomic E-state index is 12.7. The smallest absolute Gasteiger partial charge is 0.261 e. The van der Waals surface area contributed by atoms with Crippen molar-refractivity contribution in [2.45, 2.75) is 24.7 Å². The van der Waals surface area contributed by atoms with Crippen molar-refractivity contribution in [3.63, 3.8) is 0 Å². The summed E-state index contributed by atoms with van der Waals surface area (Å²) < 4.78 is 27.9. The Morgan fingerprint density at radius 1 is 0.931 bits per heavy atom. The average Bonchev–Trinajstić information content (AvgIpc) is 2.72. The van der Waals surface area contributed by atoms with Gasteiger partial charge in [-0.25, -0.2) is 8.42 Å². The molecular weight excluding hydrogens is 384 g/mol. The van der Waals surface area contributed by atoms with Gasteiger partial charge in [-0.1, -0.05) is 55.5 Å². The lowest BCUT2D eigenvalue weighted by molar-refractivity contribution is 0.0951. The minimum absolute atomic E-state index is 0.0442. The van der Waals surface area contributed by atoms with Crippen LogP contribution in [0.3, 0.4) is 0 Å². The molecule has 2 N–H and O–H groups in total. The zero-order valence-electron chi connectivity index (χ0n) is 16.4. The molecule has 1 amide bonds. The third-order valence-electron chi connectivity index (χ3n) is 4.61. The molecule has 6 heteroatoms. The first-order chi connectivity index (χ1) is 13.8. The molecule has 0 radical (unpaired) electrons. The van der Waals surface area contributed by atoms with Gasteiger partial charge in [-0.3, -0.25) is 9.52 Å². The Kier molecular flexibility index (Phi) is 6.34. The van der Waals surface area contributed by atoms with Gasteiger partial charge in [0.05, 0.1) is 4.90 Å². The van der Waals surface area contributed by atoms with Crippen molar-refractivity contribution < 1.29 is 13.2 Å². The van der Waals surface area contributed by atoms with Gasteiger partial charge in [0.25, 0.3) is 15.9 Å². The van der Waals surface area contributed by atoms with E-state index in [1.54, 1.807) is 30.3 Å². The molecule has 0 unspecified atom stereocenters. The minimum atomic E-state index is -3.79. The molecule has 1 atom stereocenters. The van der Waals surface area contributed by atoms with Crippen LogP contribution in [0.2, 0.25) is 0 Å². The second-order valence-electron chi connectivity index (χ2n) is 7.02. The van der Waals surface area contributed by atoms with E-state index in [2.05, 4.69) is 10.0 Å². The fourth-order valence-electron chi connectivity index (χ4n) is 2.97. The molecule has 3 rings (SSSR count). The highest BCUT2D eigenvalue weighted by Crippen LogP contribution is 2.18. The van der Waals surface area contributed by atoms with Crippen molar-refractivity contribution in [2.24, 2.45) is 0 Å². The zero-order valence-corrected chi connectivity index (χ0v) is 17.2. The van der Waals surface area contributed by atoms with E-state index in [0.29, 0.717) is 17.8 Å². The third-order valence-corrected chi connectivity index (χ3v) is 5.99. The Hall–Kier alpha value is -3.12. The van der Waals surface area contributed by atoms with Gasteiger partial charge in [-0.05, 0) is 54.3 Å². The fourth-order valence-corrected chi connectivity index (χ4v) is 4.07. The summed E-state index contributed by atoms with van der Waals surface area (Å²) in [5, 5.41) is 2.88. The zero-order chi connectivity index (χ0) is 20.9. The van der Waals surface area contributed by atoms with Gasteiger partial charge in [-0.2, -0.15) is 0 Å². The molecule has 0 spiro atoms. The maximum absolute atomic E-state index is 12.7. The number of hydrogen-bond acceptors (Lipinski definition) is 3. The van der Waals surface area contributed by atoms with Crippen molar-refractivity contribution in [3.8, 4) is 0 Å². The van der Waals surface area contributed by atoms with Crippen molar-refractivity contribution in [3.05, 3.63) is 95.6 Å². The molecule has 3 aromatic rings. The Labute approximate surface area is 171 Å². The molecule has 29 heavy (non-hydrogen) atoms. The van der Waals surface area contributed by atoms with Crippen molar-refractivity contribution in [1.29, 1.82) is 0 Å². The van der Waals surface area contributed by atoms with Crippen LogP contribution in [0, 0.1) is 6.92 Å². The summed E-state index contributed by atoms with van der Waals surface area (Å²) in [6.45, 7) is 4.38. The lowest BCUT2D eigenvalue weighted by atomic mass is 10.0. The molecule has 3 aromatic carbocycles. The van der Waals surface area contributed by atoms with E-state index in [4.69, 9.17) is 0 Å².